The van der Waals surface area contributed by atoms with Crippen molar-refractivity contribution >= 4 is 33.8 Å². The van der Waals surface area contributed by atoms with Gasteiger partial charge in [-0.05, 0) is 37.4 Å². The first-order chi connectivity index (χ1) is 8.57. The van der Waals surface area contributed by atoms with E-state index in [1.165, 1.54) is 22.8 Å². The first-order valence-corrected chi connectivity index (χ1v) is 8.19. The summed E-state index contributed by atoms with van der Waals surface area (Å²) in [5, 5.41) is 4.97. The summed E-state index contributed by atoms with van der Waals surface area (Å²) in [5.41, 5.74) is 0. The molecule has 0 radical (unpaired) electrons. The van der Waals surface area contributed by atoms with Gasteiger partial charge in [0.15, 0.2) is 4.21 Å². The Morgan fingerprint density at radius 2 is 2.05 bits per heavy atom. The molecule has 5 nitrogen and oxygen atoms in total. The van der Waals surface area contributed by atoms with E-state index >= 15 is 0 Å². The quantitative estimate of drug-likeness (QED) is 0.912. The van der Waals surface area contributed by atoms with Gasteiger partial charge in [0.2, 0.25) is 0 Å². The van der Waals surface area contributed by atoms with Gasteiger partial charge in [-0.3, -0.25) is 0 Å². The number of nitrogens with one attached hydrogen (secondary N) is 1. The fraction of sp³-hybridized carbons (Fsp3) is 0.636. The third-order valence-corrected chi connectivity index (χ3v) is 6.59. The van der Waals surface area contributed by atoms with Crippen LogP contribution in [0.25, 0.3) is 0 Å². The molecule has 1 fully saturated rings. The topological polar surface area (TPSA) is 58.6 Å². The molecule has 0 atom stereocenters. The third kappa shape index (κ3) is 3.41. The molecule has 0 spiro atoms. The lowest BCUT2D eigenvalue weighted by Crippen LogP contribution is -2.43. The highest BCUT2D eigenvalue weighted by atomic mass is 35.5. The summed E-state index contributed by atoms with van der Waals surface area (Å²) >= 11 is 1.20. The van der Waals surface area contributed by atoms with Crippen LogP contribution in [0.5, 0.6) is 5.75 Å². The third-order valence-electron chi connectivity index (χ3n) is 3.25. The summed E-state index contributed by atoms with van der Waals surface area (Å²) in [5.74, 6) is 0.431. The molecule has 1 aromatic heterocycles. The normalized spacial score (nSPS) is 17.2. The van der Waals surface area contributed by atoms with Crippen LogP contribution in [-0.2, 0) is 10.0 Å². The maximum atomic E-state index is 12.5. The Morgan fingerprint density at radius 3 is 2.63 bits per heavy atom. The Labute approximate surface area is 124 Å². The van der Waals surface area contributed by atoms with Crippen LogP contribution in [0.3, 0.4) is 0 Å². The Balaban J connectivity index is 0.00000180. The standard InChI is InChI=1S/C11H18N2O3S2.ClH/c1-13(9-3-6-12-7-4-9)18(14,15)11-10(16-2)5-8-17-11;/h5,8-9,12H,3-4,6-7H2,1-2H3;1H. The van der Waals surface area contributed by atoms with E-state index in [-0.39, 0.29) is 18.4 Å². The van der Waals surface area contributed by atoms with Crippen LogP contribution < -0.4 is 10.1 Å². The van der Waals surface area contributed by atoms with Crippen LogP contribution >= 0.6 is 23.7 Å². The summed E-state index contributed by atoms with van der Waals surface area (Å²) in [7, 11) is -0.290. The van der Waals surface area contributed by atoms with E-state index in [4.69, 9.17) is 4.74 Å². The minimum Gasteiger partial charge on any atom is -0.494 e. The molecule has 110 valence electrons. The molecule has 1 aromatic rings. The molecule has 1 N–H and O–H groups in total. The molecule has 0 amide bonds. The summed E-state index contributed by atoms with van der Waals surface area (Å²) in [4.78, 5) is 0. The van der Waals surface area contributed by atoms with Crippen molar-refractivity contribution in [2.45, 2.75) is 23.1 Å². The predicted molar refractivity (Wildman–Crippen MR) is 79.0 cm³/mol. The predicted octanol–water partition coefficient (Wildman–Crippen LogP) is 1.55. The van der Waals surface area contributed by atoms with Crippen molar-refractivity contribution < 1.29 is 13.2 Å². The van der Waals surface area contributed by atoms with Gasteiger partial charge >= 0.3 is 0 Å². The van der Waals surface area contributed by atoms with E-state index in [2.05, 4.69) is 5.32 Å². The summed E-state index contributed by atoms with van der Waals surface area (Å²) < 4.78 is 31.9. The van der Waals surface area contributed by atoms with Crippen LogP contribution in [0.15, 0.2) is 15.7 Å². The summed E-state index contributed by atoms with van der Waals surface area (Å²) in [6, 6.07) is 1.76. The van der Waals surface area contributed by atoms with Crippen molar-refractivity contribution in [2.24, 2.45) is 0 Å². The Hall–Kier alpha value is -0.340. The van der Waals surface area contributed by atoms with Gasteiger partial charge in [-0.2, -0.15) is 4.31 Å². The SMILES string of the molecule is COc1ccsc1S(=O)(=O)N(C)C1CCNCC1.Cl. The Bertz CT molecular complexity index is 498. The zero-order chi connectivity index (χ0) is 13.2. The molecule has 1 saturated heterocycles. The molecule has 2 heterocycles. The number of methoxy groups -OCH3 is 1. The molecule has 1 aliphatic rings. The Kier molecular flexibility index (Phi) is 6.07. The van der Waals surface area contributed by atoms with Crippen molar-refractivity contribution in [1.29, 1.82) is 0 Å². The van der Waals surface area contributed by atoms with Gasteiger partial charge in [0.25, 0.3) is 10.0 Å². The van der Waals surface area contributed by atoms with Crippen molar-refractivity contribution in [3.8, 4) is 5.75 Å². The number of hydrogen-bond donors (Lipinski definition) is 1. The van der Waals surface area contributed by atoms with Crippen molar-refractivity contribution in [2.75, 3.05) is 27.2 Å². The minimum atomic E-state index is -3.44. The van der Waals surface area contributed by atoms with Crippen LogP contribution in [-0.4, -0.2) is 46.0 Å². The number of nitrogens with zero attached hydrogens (tertiary/aromatic N) is 1. The van der Waals surface area contributed by atoms with Gasteiger partial charge in [0, 0.05) is 13.1 Å². The number of sulfonamides is 1. The first kappa shape index (κ1) is 16.7. The molecule has 8 heteroatoms. The van der Waals surface area contributed by atoms with E-state index in [1.807, 2.05) is 0 Å². The smallest absolute Gasteiger partial charge is 0.256 e. The second-order valence-electron chi connectivity index (χ2n) is 4.28. The zero-order valence-electron chi connectivity index (χ0n) is 11.0. The van der Waals surface area contributed by atoms with Gasteiger partial charge in [0.1, 0.15) is 5.75 Å². The van der Waals surface area contributed by atoms with E-state index < -0.39 is 10.0 Å². The molecule has 0 bridgehead atoms. The van der Waals surface area contributed by atoms with E-state index in [9.17, 15) is 8.42 Å². The number of hydrogen-bond acceptors (Lipinski definition) is 5. The molecule has 0 unspecified atom stereocenters. The summed E-state index contributed by atoms with van der Waals surface area (Å²) in [6.07, 6.45) is 1.70. The fourth-order valence-electron chi connectivity index (χ4n) is 2.12. The average Bonchev–Trinajstić information content (AvgIpc) is 2.88. The highest BCUT2D eigenvalue weighted by molar-refractivity contribution is 7.91. The average molecular weight is 327 g/mol. The molecule has 1 aliphatic heterocycles. The molecular weight excluding hydrogens is 308 g/mol. The van der Waals surface area contributed by atoms with Gasteiger partial charge < -0.3 is 10.1 Å². The molecular formula is C11H19ClN2O3S2. The number of thiophene rings is 1. The number of ether oxygens (including phenoxy) is 1. The minimum absolute atomic E-state index is 0. The largest absolute Gasteiger partial charge is 0.494 e. The lowest BCUT2D eigenvalue weighted by atomic mass is 10.1. The lowest BCUT2D eigenvalue weighted by molar-refractivity contribution is 0.296. The Morgan fingerprint density at radius 1 is 1.42 bits per heavy atom. The monoisotopic (exact) mass is 326 g/mol. The van der Waals surface area contributed by atoms with Crippen LogP contribution in [0, 0.1) is 0 Å². The molecule has 0 aliphatic carbocycles. The number of halogens is 1. The lowest BCUT2D eigenvalue weighted by Gasteiger charge is -2.30. The van der Waals surface area contributed by atoms with E-state index in [0.717, 1.165) is 25.9 Å². The first-order valence-electron chi connectivity index (χ1n) is 5.87. The second kappa shape index (κ2) is 6.90. The van der Waals surface area contributed by atoms with Crippen molar-refractivity contribution in [3.63, 3.8) is 0 Å². The van der Waals surface area contributed by atoms with E-state index in [0.29, 0.717) is 9.96 Å². The van der Waals surface area contributed by atoms with Gasteiger partial charge in [0.05, 0.1) is 7.11 Å². The van der Waals surface area contributed by atoms with Gasteiger partial charge in [-0.15, -0.1) is 23.7 Å². The zero-order valence-corrected chi connectivity index (χ0v) is 13.4. The van der Waals surface area contributed by atoms with Gasteiger partial charge in [-0.1, -0.05) is 0 Å². The molecule has 0 saturated carbocycles. The highest BCUT2D eigenvalue weighted by Crippen LogP contribution is 2.33. The van der Waals surface area contributed by atoms with Gasteiger partial charge in [-0.25, -0.2) is 8.42 Å². The molecule has 0 aromatic carbocycles. The summed E-state index contributed by atoms with van der Waals surface area (Å²) in [6.45, 7) is 1.73. The number of piperidine rings is 1. The fourth-order valence-corrected chi connectivity index (χ4v) is 4.98. The number of rotatable bonds is 4. The second-order valence-corrected chi connectivity index (χ2v) is 7.39. The van der Waals surface area contributed by atoms with E-state index in [1.54, 1.807) is 18.5 Å². The van der Waals surface area contributed by atoms with Crippen LogP contribution in [0.1, 0.15) is 12.8 Å². The van der Waals surface area contributed by atoms with Crippen molar-refractivity contribution in [1.82, 2.24) is 9.62 Å². The highest BCUT2D eigenvalue weighted by Gasteiger charge is 2.32. The van der Waals surface area contributed by atoms with Crippen molar-refractivity contribution in [3.05, 3.63) is 11.4 Å². The molecule has 19 heavy (non-hydrogen) atoms. The maximum absolute atomic E-state index is 12.5. The molecule has 2 rings (SSSR count). The maximum Gasteiger partial charge on any atom is 0.256 e. The van der Waals surface area contributed by atoms with Crippen LogP contribution in [0.4, 0.5) is 0 Å². The van der Waals surface area contributed by atoms with Crippen LogP contribution in [0.2, 0.25) is 0 Å².